The number of benzene rings is 1. The SMILES string of the molecule is CCC1(c2cc(F)ccc2-c2nnc(C(C)C)n2C2=CCCC=C2C)C(C)C1(C)CC(C)C. The van der Waals surface area contributed by atoms with Crippen LogP contribution in [0.1, 0.15) is 98.4 Å². The molecule has 0 N–H and O–H groups in total. The van der Waals surface area contributed by atoms with Crippen LogP contribution in [0.25, 0.3) is 17.1 Å². The highest BCUT2D eigenvalue weighted by Crippen LogP contribution is 2.74. The van der Waals surface area contributed by atoms with Crippen molar-refractivity contribution in [3.8, 4) is 11.4 Å². The smallest absolute Gasteiger partial charge is 0.168 e. The molecule has 4 rings (SSSR count). The van der Waals surface area contributed by atoms with E-state index in [0.29, 0.717) is 11.8 Å². The summed E-state index contributed by atoms with van der Waals surface area (Å²) >= 11 is 0. The highest BCUT2D eigenvalue weighted by Gasteiger charge is 2.70. The van der Waals surface area contributed by atoms with E-state index in [1.807, 2.05) is 6.07 Å². The first kappa shape index (κ1) is 23.9. The fourth-order valence-corrected chi connectivity index (χ4v) is 6.88. The van der Waals surface area contributed by atoms with Crippen LogP contribution in [0.15, 0.2) is 35.9 Å². The van der Waals surface area contributed by atoms with E-state index >= 15 is 0 Å². The van der Waals surface area contributed by atoms with Gasteiger partial charge in [-0.3, -0.25) is 4.57 Å². The van der Waals surface area contributed by atoms with Crippen molar-refractivity contribution in [2.75, 3.05) is 0 Å². The second-order valence-corrected chi connectivity index (χ2v) is 11.2. The Morgan fingerprint density at radius 2 is 1.82 bits per heavy atom. The minimum atomic E-state index is -0.171. The number of allylic oxidation sites excluding steroid dienone is 4. The first-order chi connectivity index (χ1) is 15.6. The number of aromatic nitrogens is 3. The third-order valence-corrected chi connectivity index (χ3v) is 8.53. The molecule has 2 aliphatic carbocycles. The second kappa shape index (κ2) is 8.52. The van der Waals surface area contributed by atoms with Gasteiger partial charge in [-0.05, 0) is 79.2 Å². The van der Waals surface area contributed by atoms with Crippen molar-refractivity contribution in [1.82, 2.24) is 14.8 Å². The van der Waals surface area contributed by atoms with Crippen LogP contribution in [0.3, 0.4) is 0 Å². The topological polar surface area (TPSA) is 30.7 Å². The van der Waals surface area contributed by atoms with E-state index in [-0.39, 0.29) is 22.6 Å². The van der Waals surface area contributed by atoms with Crippen LogP contribution in [0.5, 0.6) is 0 Å². The van der Waals surface area contributed by atoms with E-state index in [2.05, 4.69) is 77.2 Å². The maximum Gasteiger partial charge on any atom is 0.168 e. The summed E-state index contributed by atoms with van der Waals surface area (Å²) in [4.78, 5) is 0. The number of hydrogen-bond donors (Lipinski definition) is 0. The van der Waals surface area contributed by atoms with Crippen LogP contribution in [-0.2, 0) is 5.41 Å². The minimum Gasteiger partial charge on any atom is -0.279 e. The Hall–Kier alpha value is -2.23. The Bertz CT molecular complexity index is 1110. The Morgan fingerprint density at radius 3 is 2.42 bits per heavy atom. The van der Waals surface area contributed by atoms with Crippen molar-refractivity contribution in [3.63, 3.8) is 0 Å². The first-order valence-electron chi connectivity index (χ1n) is 12.7. The van der Waals surface area contributed by atoms with Gasteiger partial charge in [-0.25, -0.2) is 4.39 Å². The number of rotatable bonds is 7. The van der Waals surface area contributed by atoms with Crippen LogP contribution in [-0.4, -0.2) is 14.8 Å². The van der Waals surface area contributed by atoms with Gasteiger partial charge in [0, 0.05) is 22.6 Å². The van der Waals surface area contributed by atoms with Crippen LogP contribution in [0.4, 0.5) is 4.39 Å². The molecule has 1 saturated carbocycles. The van der Waals surface area contributed by atoms with Gasteiger partial charge in [-0.15, -0.1) is 10.2 Å². The summed E-state index contributed by atoms with van der Waals surface area (Å²) in [7, 11) is 0. The van der Waals surface area contributed by atoms with Gasteiger partial charge in [-0.2, -0.15) is 0 Å². The highest BCUT2D eigenvalue weighted by atomic mass is 19.1. The van der Waals surface area contributed by atoms with E-state index in [1.165, 1.54) is 11.3 Å². The largest absolute Gasteiger partial charge is 0.279 e. The summed E-state index contributed by atoms with van der Waals surface area (Å²) < 4.78 is 17.0. The standard InChI is InChI=1S/C29H40FN3/c1-9-29(21(7)28(29,8)17-18(2)3)24-16-22(30)14-15-23(24)27-32-31-26(19(4)5)33(27)25-13-11-10-12-20(25)6/h12-16,18-19,21H,9-11,17H2,1-8H3. The molecule has 0 radical (unpaired) electrons. The Balaban J connectivity index is 1.96. The fraction of sp³-hybridized carbons (Fsp3) is 0.586. The maximum atomic E-state index is 14.8. The molecule has 4 heteroatoms. The molecule has 1 aromatic heterocycles. The Morgan fingerprint density at radius 1 is 1.12 bits per heavy atom. The molecule has 0 spiro atoms. The van der Waals surface area contributed by atoms with E-state index in [9.17, 15) is 4.39 Å². The van der Waals surface area contributed by atoms with Crippen molar-refractivity contribution < 1.29 is 4.39 Å². The molecule has 0 bridgehead atoms. The predicted octanol–water partition coefficient (Wildman–Crippen LogP) is 8.14. The quantitative estimate of drug-likeness (QED) is 0.427. The van der Waals surface area contributed by atoms with Crippen molar-refractivity contribution in [2.24, 2.45) is 17.3 Å². The average Bonchev–Trinajstić information content (AvgIpc) is 3.03. The molecule has 0 saturated heterocycles. The van der Waals surface area contributed by atoms with Crippen molar-refractivity contribution in [3.05, 3.63) is 53.1 Å². The van der Waals surface area contributed by atoms with Crippen molar-refractivity contribution >= 4 is 5.70 Å². The lowest BCUT2D eigenvalue weighted by Crippen LogP contribution is -2.20. The zero-order chi connectivity index (χ0) is 24.1. The first-order valence-corrected chi connectivity index (χ1v) is 12.7. The van der Waals surface area contributed by atoms with Gasteiger partial charge in [0.1, 0.15) is 11.6 Å². The molecular formula is C29H40FN3. The van der Waals surface area contributed by atoms with Crippen LogP contribution >= 0.6 is 0 Å². The lowest BCUT2D eigenvalue weighted by Gasteiger charge is -2.27. The molecule has 2 aromatic rings. The summed E-state index contributed by atoms with van der Waals surface area (Å²) in [6.45, 7) is 18.1. The highest BCUT2D eigenvalue weighted by molar-refractivity contribution is 5.74. The zero-order valence-corrected chi connectivity index (χ0v) is 21.7. The van der Waals surface area contributed by atoms with E-state index < -0.39 is 0 Å². The molecule has 3 atom stereocenters. The summed E-state index contributed by atoms with van der Waals surface area (Å²) in [5, 5.41) is 9.39. The summed E-state index contributed by atoms with van der Waals surface area (Å²) in [6.07, 6.45) is 8.80. The van der Waals surface area contributed by atoms with Gasteiger partial charge in [-0.1, -0.05) is 60.6 Å². The van der Waals surface area contributed by atoms with Crippen LogP contribution < -0.4 is 0 Å². The average molecular weight is 450 g/mol. The van der Waals surface area contributed by atoms with Gasteiger partial charge < -0.3 is 0 Å². The van der Waals surface area contributed by atoms with Gasteiger partial charge in [0.25, 0.3) is 0 Å². The monoisotopic (exact) mass is 449 g/mol. The van der Waals surface area contributed by atoms with Gasteiger partial charge >= 0.3 is 0 Å². The number of halogens is 1. The molecule has 3 unspecified atom stereocenters. The van der Waals surface area contributed by atoms with Gasteiger partial charge in [0.05, 0.1) is 0 Å². The minimum absolute atomic E-state index is 0.0602. The molecule has 0 amide bonds. The normalized spacial score (nSPS) is 27.2. The van der Waals surface area contributed by atoms with Gasteiger partial charge in [0.15, 0.2) is 5.82 Å². The van der Waals surface area contributed by atoms with Crippen LogP contribution in [0, 0.1) is 23.1 Å². The molecule has 3 nitrogen and oxygen atoms in total. The molecule has 1 aromatic carbocycles. The Labute approximate surface area is 199 Å². The number of hydrogen-bond acceptors (Lipinski definition) is 2. The van der Waals surface area contributed by atoms with Crippen molar-refractivity contribution in [1.29, 1.82) is 0 Å². The molecular weight excluding hydrogens is 409 g/mol. The molecule has 33 heavy (non-hydrogen) atoms. The molecule has 0 aliphatic heterocycles. The van der Waals surface area contributed by atoms with Crippen molar-refractivity contribution in [2.45, 2.75) is 92.4 Å². The summed E-state index contributed by atoms with van der Waals surface area (Å²) in [5.74, 6) is 2.94. The third kappa shape index (κ3) is 3.61. The molecule has 1 fully saturated rings. The maximum absolute atomic E-state index is 14.8. The second-order valence-electron chi connectivity index (χ2n) is 11.2. The third-order valence-electron chi connectivity index (χ3n) is 8.53. The van der Waals surface area contributed by atoms with E-state index in [0.717, 1.165) is 48.5 Å². The van der Waals surface area contributed by atoms with Gasteiger partial charge in [0.2, 0.25) is 0 Å². The van der Waals surface area contributed by atoms with E-state index in [4.69, 9.17) is 5.10 Å². The number of nitrogens with zero attached hydrogens (tertiary/aromatic N) is 3. The predicted molar refractivity (Wildman–Crippen MR) is 135 cm³/mol. The molecule has 2 aliphatic rings. The molecule has 1 heterocycles. The van der Waals surface area contributed by atoms with E-state index in [1.54, 1.807) is 12.1 Å². The lowest BCUT2D eigenvalue weighted by molar-refractivity contribution is 0.350. The Kier molecular flexibility index (Phi) is 6.18. The summed E-state index contributed by atoms with van der Waals surface area (Å²) in [5.41, 5.74) is 4.63. The summed E-state index contributed by atoms with van der Waals surface area (Å²) in [6, 6.07) is 5.31. The fourth-order valence-electron chi connectivity index (χ4n) is 6.88. The molecule has 178 valence electrons. The zero-order valence-electron chi connectivity index (χ0n) is 21.7. The lowest BCUT2D eigenvalue weighted by atomic mass is 9.78. The van der Waals surface area contributed by atoms with Crippen LogP contribution in [0.2, 0.25) is 0 Å².